The highest BCUT2D eigenvalue weighted by Crippen LogP contribution is 2.37. The molecule has 2 aromatic heterocycles. The molecule has 4 aromatic rings. The molecular formula is C18H15F2N5S. The average molecular weight is 371 g/mol. The molecule has 0 N–H and O–H groups in total. The molecular weight excluding hydrogens is 356 g/mol. The molecule has 0 radical (unpaired) electrons. The van der Waals surface area contributed by atoms with Gasteiger partial charge in [0.1, 0.15) is 12.2 Å². The van der Waals surface area contributed by atoms with Crippen LogP contribution in [0.25, 0.3) is 16.7 Å². The van der Waals surface area contributed by atoms with E-state index in [0.717, 1.165) is 10.3 Å². The van der Waals surface area contributed by atoms with Gasteiger partial charge in [0.2, 0.25) is 0 Å². The van der Waals surface area contributed by atoms with E-state index in [1.54, 1.807) is 30.6 Å². The molecule has 5 nitrogen and oxygen atoms in total. The summed E-state index contributed by atoms with van der Waals surface area (Å²) >= 11 is 1.34. The fourth-order valence-corrected chi connectivity index (χ4v) is 3.78. The van der Waals surface area contributed by atoms with Crippen LogP contribution in [0.5, 0.6) is 0 Å². The predicted octanol–water partition coefficient (Wildman–Crippen LogP) is 4.87. The molecule has 0 spiro atoms. The van der Waals surface area contributed by atoms with Gasteiger partial charge in [-0.25, -0.2) is 4.98 Å². The Kier molecular flexibility index (Phi) is 4.42. The molecule has 26 heavy (non-hydrogen) atoms. The summed E-state index contributed by atoms with van der Waals surface area (Å²) in [6, 6.07) is 16.6. The van der Waals surface area contributed by atoms with Crippen LogP contribution in [0.2, 0.25) is 0 Å². The van der Waals surface area contributed by atoms with Crippen molar-refractivity contribution in [1.82, 2.24) is 24.3 Å². The SMILES string of the molecule is C[C@@H](Sc1nncn1-c1ccccc1)c1nc2ccccc2n1C(F)F. The molecule has 0 amide bonds. The van der Waals surface area contributed by atoms with Crippen LogP contribution < -0.4 is 0 Å². The number of aromatic nitrogens is 5. The van der Waals surface area contributed by atoms with Crippen molar-refractivity contribution in [1.29, 1.82) is 0 Å². The maximum Gasteiger partial charge on any atom is 0.320 e. The highest BCUT2D eigenvalue weighted by atomic mass is 32.2. The number of imidazole rings is 1. The molecule has 0 saturated carbocycles. The normalized spacial score (nSPS) is 12.8. The van der Waals surface area contributed by atoms with Gasteiger partial charge in [-0.1, -0.05) is 42.1 Å². The van der Waals surface area contributed by atoms with Gasteiger partial charge >= 0.3 is 6.55 Å². The average Bonchev–Trinajstić information content (AvgIpc) is 3.26. The van der Waals surface area contributed by atoms with E-state index in [1.165, 1.54) is 11.8 Å². The number of fused-ring (bicyclic) bond motifs is 1. The van der Waals surface area contributed by atoms with Gasteiger partial charge in [0.05, 0.1) is 16.3 Å². The third-order valence-corrected chi connectivity index (χ3v) is 5.07. The molecule has 2 aromatic carbocycles. The molecule has 0 fully saturated rings. The maximum atomic E-state index is 13.7. The van der Waals surface area contributed by atoms with Crippen molar-refractivity contribution in [2.75, 3.05) is 0 Å². The molecule has 0 bridgehead atoms. The summed E-state index contributed by atoms with van der Waals surface area (Å²) in [7, 11) is 0. The number of hydrogen-bond acceptors (Lipinski definition) is 4. The van der Waals surface area contributed by atoms with Crippen LogP contribution in [0.1, 0.15) is 24.5 Å². The van der Waals surface area contributed by atoms with Gasteiger partial charge in [0.15, 0.2) is 5.16 Å². The van der Waals surface area contributed by atoms with Gasteiger partial charge in [-0.2, -0.15) is 8.78 Å². The predicted molar refractivity (Wildman–Crippen MR) is 96.6 cm³/mol. The number of benzene rings is 2. The lowest BCUT2D eigenvalue weighted by Crippen LogP contribution is -2.07. The summed E-state index contributed by atoms with van der Waals surface area (Å²) in [6.07, 6.45) is 1.61. The quantitative estimate of drug-likeness (QED) is 0.470. The Hall–Kier alpha value is -2.74. The number of halogens is 2. The first-order chi connectivity index (χ1) is 12.6. The largest absolute Gasteiger partial charge is 0.320 e. The molecule has 132 valence electrons. The van der Waals surface area contributed by atoms with Crippen LogP contribution in [0.15, 0.2) is 66.1 Å². The number of nitrogens with zero attached hydrogens (tertiary/aromatic N) is 5. The Bertz CT molecular complexity index is 1030. The van der Waals surface area contributed by atoms with E-state index in [-0.39, 0.29) is 5.25 Å². The Labute approximate surface area is 152 Å². The highest BCUT2D eigenvalue weighted by Gasteiger charge is 2.24. The molecule has 1 atom stereocenters. The van der Waals surface area contributed by atoms with Crippen LogP contribution in [-0.2, 0) is 0 Å². The summed E-state index contributed by atoms with van der Waals surface area (Å²) in [6.45, 7) is -0.818. The molecule has 0 aliphatic carbocycles. The summed E-state index contributed by atoms with van der Waals surface area (Å²) in [5.41, 5.74) is 1.89. The van der Waals surface area contributed by atoms with E-state index in [2.05, 4.69) is 15.2 Å². The number of para-hydroxylation sites is 3. The molecule has 2 heterocycles. The van der Waals surface area contributed by atoms with Crippen molar-refractivity contribution in [2.24, 2.45) is 0 Å². The first-order valence-electron chi connectivity index (χ1n) is 8.02. The summed E-state index contributed by atoms with van der Waals surface area (Å²) in [5, 5.41) is 8.39. The van der Waals surface area contributed by atoms with Crippen LogP contribution in [-0.4, -0.2) is 24.3 Å². The van der Waals surface area contributed by atoms with Gasteiger partial charge < -0.3 is 0 Å². The first-order valence-corrected chi connectivity index (χ1v) is 8.90. The number of hydrogen-bond donors (Lipinski definition) is 0. The number of rotatable bonds is 5. The van der Waals surface area contributed by atoms with E-state index >= 15 is 0 Å². The van der Waals surface area contributed by atoms with Crippen molar-refractivity contribution in [3.8, 4) is 5.69 Å². The molecule has 8 heteroatoms. The summed E-state index contributed by atoms with van der Waals surface area (Å²) in [5.74, 6) is 0.314. The van der Waals surface area contributed by atoms with Crippen molar-refractivity contribution in [3.05, 3.63) is 66.7 Å². The third-order valence-electron chi connectivity index (χ3n) is 4.01. The van der Waals surface area contributed by atoms with Crippen molar-refractivity contribution in [2.45, 2.75) is 23.9 Å². The second-order valence-electron chi connectivity index (χ2n) is 5.69. The van der Waals surface area contributed by atoms with E-state index in [1.807, 2.05) is 41.8 Å². The van der Waals surface area contributed by atoms with Gasteiger partial charge in [0, 0.05) is 5.69 Å². The minimum absolute atomic E-state index is 0.314. The monoisotopic (exact) mass is 371 g/mol. The third kappa shape index (κ3) is 2.96. The Balaban J connectivity index is 1.70. The zero-order valence-electron chi connectivity index (χ0n) is 13.8. The zero-order valence-corrected chi connectivity index (χ0v) is 14.6. The number of thioether (sulfide) groups is 1. The van der Waals surface area contributed by atoms with Gasteiger partial charge in [-0.3, -0.25) is 9.13 Å². The second kappa shape index (κ2) is 6.87. The van der Waals surface area contributed by atoms with Crippen molar-refractivity contribution in [3.63, 3.8) is 0 Å². The maximum absolute atomic E-state index is 13.7. The molecule has 0 aliphatic rings. The second-order valence-corrected chi connectivity index (χ2v) is 6.99. The minimum Gasteiger partial charge on any atom is -0.277 e. The smallest absolute Gasteiger partial charge is 0.277 e. The molecule has 0 unspecified atom stereocenters. The molecule has 4 rings (SSSR count). The van der Waals surface area contributed by atoms with Gasteiger partial charge in [-0.05, 0) is 31.2 Å². The summed E-state index contributed by atoms with van der Waals surface area (Å²) in [4.78, 5) is 4.42. The molecule has 0 saturated heterocycles. The topological polar surface area (TPSA) is 48.5 Å². The van der Waals surface area contributed by atoms with Gasteiger partial charge in [-0.15, -0.1) is 10.2 Å². The fraction of sp³-hybridized carbons (Fsp3) is 0.167. The van der Waals surface area contributed by atoms with Crippen LogP contribution in [0.4, 0.5) is 8.78 Å². The zero-order chi connectivity index (χ0) is 18.1. The lowest BCUT2D eigenvalue weighted by Gasteiger charge is -2.14. The van der Waals surface area contributed by atoms with Crippen LogP contribution in [0, 0.1) is 0 Å². The van der Waals surface area contributed by atoms with Gasteiger partial charge in [0.25, 0.3) is 0 Å². The lowest BCUT2D eigenvalue weighted by atomic mass is 10.3. The first kappa shape index (κ1) is 16.7. The Morgan fingerprint density at radius 3 is 2.50 bits per heavy atom. The van der Waals surface area contributed by atoms with E-state index in [0.29, 0.717) is 22.0 Å². The summed E-state index contributed by atoms with van der Waals surface area (Å²) < 4.78 is 30.1. The van der Waals surface area contributed by atoms with Crippen LogP contribution >= 0.6 is 11.8 Å². The van der Waals surface area contributed by atoms with Crippen molar-refractivity contribution >= 4 is 22.8 Å². The van der Waals surface area contributed by atoms with Crippen LogP contribution in [0.3, 0.4) is 0 Å². The number of alkyl halides is 2. The Morgan fingerprint density at radius 1 is 1.00 bits per heavy atom. The van der Waals surface area contributed by atoms with E-state index in [4.69, 9.17) is 0 Å². The van der Waals surface area contributed by atoms with E-state index in [9.17, 15) is 8.78 Å². The lowest BCUT2D eigenvalue weighted by molar-refractivity contribution is 0.0715. The highest BCUT2D eigenvalue weighted by molar-refractivity contribution is 7.99. The molecule has 0 aliphatic heterocycles. The Morgan fingerprint density at radius 2 is 1.73 bits per heavy atom. The van der Waals surface area contributed by atoms with E-state index < -0.39 is 6.55 Å². The minimum atomic E-state index is -2.66. The van der Waals surface area contributed by atoms with Crippen molar-refractivity contribution < 1.29 is 8.78 Å². The fourth-order valence-electron chi connectivity index (χ4n) is 2.84. The standard InChI is InChI=1S/C18H15F2N5S/c1-12(16-22-14-9-5-6-10-15(14)25(16)17(19)20)26-18-23-21-11-24(18)13-7-3-2-4-8-13/h2-12,17H,1H3/t12-/m1/s1.